The first-order valence-electron chi connectivity index (χ1n) is 6.57. The summed E-state index contributed by atoms with van der Waals surface area (Å²) in [7, 11) is 0. The molecule has 1 fully saturated rings. The van der Waals surface area contributed by atoms with Crippen LogP contribution in [-0.2, 0) is 11.3 Å². The third kappa shape index (κ3) is 3.78. The summed E-state index contributed by atoms with van der Waals surface area (Å²) in [6, 6.07) is 2.22. The van der Waals surface area contributed by atoms with Gasteiger partial charge in [-0.2, -0.15) is 0 Å². The molecule has 1 saturated heterocycles. The minimum atomic E-state index is -0.841. The molecule has 1 aliphatic heterocycles. The van der Waals surface area contributed by atoms with Gasteiger partial charge in [0.1, 0.15) is 4.88 Å². The number of aryl methyl sites for hydroxylation is 1. The Morgan fingerprint density at radius 3 is 2.95 bits per heavy atom. The van der Waals surface area contributed by atoms with Crippen molar-refractivity contribution in [2.45, 2.75) is 51.8 Å². The monoisotopic (exact) mass is 283 g/mol. The van der Waals surface area contributed by atoms with Crippen molar-refractivity contribution in [1.82, 2.24) is 5.32 Å². The Labute approximate surface area is 117 Å². The second kappa shape index (κ2) is 5.61. The molecule has 5 heteroatoms. The van der Waals surface area contributed by atoms with Gasteiger partial charge in [-0.15, -0.1) is 11.3 Å². The van der Waals surface area contributed by atoms with Crippen LogP contribution in [0.1, 0.15) is 46.8 Å². The Kier molecular flexibility index (Phi) is 4.28. The normalized spacial score (nSPS) is 22.4. The lowest BCUT2D eigenvalue weighted by atomic mass is 9.94. The van der Waals surface area contributed by atoms with E-state index >= 15 is 0 Å². The number of hydrogen-bond acceptors (Lipinski definition) is 4. The molecule has 106 valence electrons. The molecule has 0 saturated carbocycles. The van der Waals surface area contributed by atoms with Gasteiger partial charge in [0.15, 0.2) is 0 Å². The average molecular weight is 283 g/mol. The van der Waals surface area contributed by atoms with Crippen molar-refractivity contribution in [3.63, 3.8) is 0 Å². The van der Waals surface area contributed by atoms with E-state index < -0.39 is 5.97 Å². The second-order valence-electron chi connectivity index (χ2n) is 5.68. The molecule has 0 aromatic carbocycles. The molecule has 2 heterocycles. The number of nitrogens with one attached hydrogen (secondary N) is 1. The predicted octanol–water partition coefficient (Wildman–Crippen LogP) is 2.80. The predicted molar refractivity (Wildman–Crippen MR) is 75.9 cm³/mol. The zero-order chi connectivity index (χ0) is 14.0. The van der Waals surface area contributed by atoms with Gasteiger partial charge < -0.3 is 15.2 Å². The summed E-state index contributed by atoms with van der Waals surface area (Å²) in [6.45, 7) is 7.71. The molecule has 1 aromatic rings. The van der Waals surface area contributed by atoms with Crippen molar-refractivity contribution >= 4 is 17.3 Å². The number of hydrogen-bond donors (Lipinski definition) is 2. The first-order valence-corrected chi connectivity index (χ1v) is 7.39. The Morgan fingerprint density at radius 2 is 2.37 bits per heavy atom. The summed E-state index contributed by atoms with van der Waals surface area (Å²) in [5.41, 5.74) is 1.03. The van der Waals surface area contributed by atoms with Gasteiger partial charge in [0, 0.05) is 24.1 Å². The molecule has 0 aliphatic carbocycles. The highest BCUT2D eigenvalue weighted by molar-refractivity contribution is 7.14. The summed E-state index contributed by atoms with van der Waals surface area (Å²) in [6.07, 6.45) is 2.00. The number of carboxylic acids is 1. The highest BCUT2D eigenvalue weighted by atomic mass is 32.1. The van der Waals surface area contributed by atoms with E-state index in [4.69, 9.17) is 9.84 Å². The number of carbonyl (C=O) groups is 1. The fourth-order valence-corrected chi connectivity index (χ4v) is 3.34. The number of carboxylic acid groups (broad SMARTS) is 1. The summed E-state index contributed by atoms with van der Waals surface area (Å²) >= 11 is 1.34. The minimum Gasteiger partial charge on any atom is -0.477 e. The molecule has 0 spiro atoms. The molecule has 19 heavy (non-hydrogen) atoms. The van der Waals surface area contributed by atoms with E-state index in [1.807, 2.05) is 6.92 Å². The van der Waals surface area contributed by atoms with Gasteiger partial charge in [-0.25, -0.2) is 4.79 Å². The first kappa shape index (κ1) is 14.5. The van der Waals surface area contributed by atoms with Crippen LogP contribution < -0.4 is 5.32 Å². The van der Waals surface area contributed by atoms with Crippen LogP contribution >= 0.6 is 11.3 Å². The van der Waals surface area contributed by atoms with Crippen LogP contribution in [0.25, 0.3) is 0 Å². The van der Waals surface area contributed by atoms with E-state index in [0.29, 0.717) is 10.9 Å². The van der Waals surface area contributed by atoms with Gasteiger partial charge in [0.05, 0.1) is 5.60 Å². The van der Waals surface area contributed by atoms with Crippen molar-refractivity contribution in [2.24, 2.45) is 0 Å². The lowest BCUT2D eigenvalue weighted by Crippen LogP contribution is -2.43. The number of aromatic carboxylic acids is 1. The van der Waals surface area contributed by atoms with E-state index in [-0.39, 0.29) is 5.60 Å². The third-order valence-electron chi connectivity index (χ3n) is 3.51. The van der Waals surface area contributed by atoms with E-state index in [0.717, 1.165) is 36.4 Å². The van der Waals surface area contributed by atoms with Crippen LogP contribution in [0.15, 0.2) is 6.07 Å². The van der Waals surface area contributed by atoms with Crippen molar-refractivity contribution in [3.05, 3.63) is 21.4 Å². The number of rotatable bonds is 4. The van der Waals surface area contributed by atoms with E-state index in [1.165, 1.54) is 11.3 Å². The molecular formula is C14H21NO3S. The molecule has 0 amide bonds. The molecule has 1 aromatic heterocycles. The van der Waals surface area contributed by atoms with Crippen molar-refractivity contribution < 1.29 is 14.6 Å². The summed E-state index contributed by atoms with van der Waals surface area (Å²) in [5, 5.41) is 12.5. The quantitative estimate of drug-likeness (QED) is 0.892. The van der Waals surface area contributed by atoms with Gasteiger partial charge >= 0.3 is 5.97 Å². The summed E-state index contributed by atoms with van der Waals surface area (Å²) in [5.74, 6) is -0.841. The molecule has 1 unspecified atom stereocenters. The number of ether oxygens (including phenoxy) is 1. The lowest BCUT2D eigenvalue weighted by molar-refractivity contribution is -0.0630. The SMILES string of the molecule is Cc1sc(C(=O)O)cc1CNC1CCOC(C)(C)C1. The Morgan fingerprint density at radius 1 is 1.63 bits per heavy atom. The van der Waals surface area contributed by atoms with Crippen LogP contribution in [0.5, 0.6) is 0 Å². The van der Waals surface area contributed by atoms with Gasteiger partial charge in [-0.05, 0) is 45.2 Å². The van der Waals surface area contributed by atoms with Gasteiger partial charge in [0.2, 0.25) is 0 Å². The lowest BCUT2D eigenvalue weighted by Gasteiger charge is -2.36. The first-order chi connectivity index (χ1) is 8.87. The zero-order valence-electron chi connectivity index (χ0n) is 11.7. The van der Waals surface area contributed by atoms with Crippen LogP contribution in [0.4, 0.5) is 0 Å². The molecule has 0 radical (unpaired) electrons. The Balaban J connectivity index is 1.93. The second-order valence-corrected chi connectivity index (χ2v) is 6.93. The Bertz CT molecular complexity index is 467. The molecule has 1 aliphatic rings. The fraction of sp³-hybridized carbons (Fsp3) is 0.643. The standard InChI is InChI=1S/C14H21NO3S/c1-9-10(6-12(19-9)13(16)17)8-15-11-4-5-18-14(2,3)7-11/h6,11,15H,4-5,7-8H2,1-3H3,(H,16,17). The van der Waals surface area contributed by atoms with E-state index in [1.54, 1.807) is 6.07 Å². The molecule has 2 rings (SSSR count). The van der Waals surface area contributed by atoms with Crippen molar-refractivity contribution in [2.75, 3.05) is 6.61 Å². The topological polar surface area (TPSA) is 58.6 Å². The van der Waals surface area contributed by atoms with Crippen LogP contribution in [0, 0.1) is 6.92 Å². The molecule has 0 bridgehead atoms. The largest absolute Gasteiger partial charge is 0.477 e. The average Bonchev–Trinajstić information content (AvgIpc) is 2.67. The van der Waals surface area contributed by atoms with Crippen LogP contribution in [-0.4, -0.2) is 29.3 Å². The van der Waals surface area contributed by atoms with E-state index in [2.05, 4.69) is 19.2 Å². The zero-order valence-corrected chi connectivity index (χ0v) is 12.5. The number of thiophene rings is 1. The Hall–Kier alpha value is -0.910. The van der Waals surface area contributed by atoms with Crippen molar-refractivity contribution in [1.29, 1.82) is 0 Å². The fourth-order valence-electron chi connectivity index (χ4n) is 2.46. The van der Waals surface area contributed by atoms with Gasteiger partial charge in [0.25, 0.3) is 0 Å². The molecule has 1 atom stereocenters. The highest BCUT2D eigenvalue weighted by Gasteiger charge is 2.28. The third-order valence-corrected chi connectivity index (χ3v) is 4.59. The molecular weight excluding hydrogens is 262 g/mol. The summed E-state index contributed by atoms with van der Waals surface area (Å²) < 4.78 is 5.69. The van der Waals surface area contributed by atoms with Crippen molar-refractivity contribution in [3.8, 4) is 0 Å². The maximum Gasteiger partial charge on any atom is 0.345 e. The molecule has 4 nitrogen and oxygen atoms in total. The smallest absolute Gasteiger partial charge is 0.345 e. The van der Waals surface area contributed by atoms with E-state index in [9.17, 15) is 4.79 Å². The van der Waals surface area contributed by atoms with Crippen LogP contribution in [0.2, 0.25) is 0 Å². The van der Waals surface area contributed by atoms with Crippen LogP contribution in [0.3, 0.4) is 0 Å². The minimum absolute atomic E-state index is 0.0637. The maximum atomic E-state index is 10.9. The van der Waals surface area contributed by atoms with Gasteiger partial charge in [-0.1, -0.05) is 0 Å². The maximum absolute atomic E-state index is 10.9. The summed E-state index contributed by atoms with van der Waals surface area (Å²) in [4.78, 5) is 12.4. The molecule has 2 N–H and O–H groups in total. The highest BCUT2D eigenvalue weighted by Crippen LogP contribution is 2.25. The van der Waals surface area contributed by atoms with Gasteiger partial charge in [-0.3, -0.25) is 0 Å².